The van der Waals surface area contributed by atoms with Crippen LogP contribution >= 0.6 is 11.6 Å². The summed E-state index contributed by atoms with van der Waals surface area (Å²) in [6.45, 7) is 4.85. The van der Waals surface area contributed by atoms with Gasteiger partial charge in [-0.05, 0) is 30.5 Å². The van der Waals surface area contributed by atoms with Gasteiger partial charge < -0.3 is 14.2 Å². The Labute approximate surface area is 161 Å². The van der Waals surface area contributed by atoms with Gasteiger partial charge in [0.05, 0.1) is 12.2 Å². The van der Waals surface area contributed by atoms with E-state index >= 15 is 0 Å². The van der Waals surface area contributed by atoms with Crippen molar-refractivity contribution in [1.29, 1.82) is 0 Å². The van der Waals surface area contributed by atoms with Crippen molar-refractivity contribution in [3.8, 4) is 17.4 Å². The van der Waals surface area contributed by atoms with E-state index in [4.69, 9.17) is 25.8 Å². The number of halogens is 4. The number of ether oxygens (including phenoxy) is 3. The second kappa shape index (κ2) is 9.80. The fourth-order valence-corrected chi connectivity index (χ4v) is 2.47. The van der Waals surface area contributed by atoms with Crippen molar-refractivity contribution in [3.63, 3.8) is 0 Å². The second-order valence-corrected chi connectivity index (χ2v) is 6.09. The van der Waals surface area contributed by atoms with Gasteiger partial charge in [-0.2, -0.15) is 13.2 Å². The molecule has 0 saturated heterocycles. The summed E-state index contributed by atoms with van der Waals surface area (Å²) in [5, 5.41) is -0.225. The number of nitrogens with zero attached hydrogens (tertiary/aromatic N) is 1. The van der Waals surface area contributed by atoms with Crippen LogP contribution in [0.2, 0.25) is 5.02 Å². The van der Waals surface area contributed by atoms with Crippen molar-refractivity contribution in [1.82, 2.24) is 4.98 Å². The Morgan fingerprint density at radius 1 is 1.19 bits per heavy atom. The molecule has 0 aliphatic carbocycles. The Balaban J connectivity index is 2.22. The lowest BCUT2D eigenvalue weighted by molar-refractivity contribution is -0.137. The number of rotatable bonds is 9. The molecule has 2 aromatic rings. The topological polar surface area (TPSA) is 40.6 Å². The Hall–Kier alpha value is -1.99. The molecule has 0 saturated carbocycles. The van der Waals surface area contributed by atoms with Gasteiger partial charge in [0.2, 0.25) is 5.88 Å². The maximum absolute atomic E-state index is 12.7. The van der Waals surface area contributed by atoms with Crippen LogP contribution in [0.15, 0.2) is 30.5 Å². The molecule has 147 valence electrons. The lowest BCUT2D eigenvalue weighted by atomic mass is 10.1. The van der Waals surface area contributed by atoms with Crippen LogP contribution in [0.5, 0.6) is 17.4 Å². The second-order valence-electron chi connectivity index (χ2n) is 5.68. The number of hydrogen-bond donors (Lipinski definition) is 0. The zero-order valence-corrected chi connectivity index (χ0v) is 15.6. The molecule has 8 heteroatoms. The van der Waals surface area contributed by atoms with E-state index in [-0.39, 0.29) is 10.9 Å². The summed E-state index contributed by atoms with van der Waals surface area (Å²) in [6, 6.07) is 6.07. The van der Waals surface area contributed by atoms with Gasteiger partial charge in [-0.3, -0.25) is 0 Å². The summed E-state index contributed by atoms with van der Waals surface area (Å²) in [4.78, 5) is 3.71. The maximum atomic E-state index is 12.7. The Morgan fingerprint density at radius 2 is 1.96 bits per heavy atom. The molecule has 4 nitrogen and oxygen atoms in total. The molecule has 0 N–H and O–H groups in total. The van der Waals surface area contributed by atoms with Gasteiger partial charge in [-0.1, -0.05) is 24.6 Å². The number of alkyl halides is 3. The lowest BCUT2D eigenvalue weighted by Crippen LogP contribution is -2.06. The van der Waals surface area contributed by atoms with E-state index in [1.165, 1.54) is 0 Å². The van der Waals surface area contributed by atoms with Crippen molar-refractivity contribution < 1.29 is 27.4 Å². The Bertz CT molecular complexity index is 753. The fraction of sp³-hybridized carbons (Fsp3) is 0.368. The van der Waals surface area contributed by atoms with E-state index in [2.05, 4.69) is 11.9 Å². The third-order valence-electron chi connectivity index (χ3n) is 3.59. The van der Waals surface area contributed by atoms with Crippen LogP contribution in [0.4, 0.5) is 13.2 Å². The molecular weight excluding hydrogens is 383 g/mol. The third kappa shape index (κ3) is 6.29. The molecule has 0 aliphatic rings. The number of hydrogen-bond acceptors (Lipinski definition) is 4. The summed E-state index contributed by atoms with van der Waals surface area (Å²) >= 11 is 5.93. The van der Waals surface area contributed by atoms with Crippen molar-refractivity contribution >= 4 is 11.6 Å². The molecule has 0 bridgehead atoms. The van der Waals surface area contributed by atoms with Crippen LogP contribution < -0.4 is 9.47 Å². The number of methoxy groups -OCH3 is 1. The van der Waals surface area contributed by atoms with Gasteiger partial charge in [-0.15, -0.1) is 0 Å². The number of aromatic nitrogens is 1. The monoisotopic (exact) mass is 402 g/mol. The minimum Gasteiger partial charge on any atom is -0.493 e. The highest BCUT2D eigenvalue weighted by Crippen LogP contribution is 2.36. The van der Waals surface area contributed by atoms with Gasteiger partial charge in [0.1, 0.15) is 16.5 Å². The Kier molecular flexibility index (Phi) is 7.74. The van der Waals surface area contributed by atoms with Crippen LogP contribution in [0, 0.1) is 6.92 Å². The normalized spacial score (nSPS) is 11.5. The standard InChI is InChI=1S/C19H20ClF3NO3/c1-3-5-13-6-7-15(26-9-4-8-25-2)11-17(13)27-18-16(20)10-14(12-24-18)19(21,22)23/h6-7,10-12H,1,3-5,8-9H2,2H3. The highest BCUT2D eigenvalue weighted by molar-refractivity contribution is 6.31. The highest BCUT2D eigenvalue weighted by Gasteiger charge is 2.31. The summed E-state index contributed by atoms with van der Waals surface area (Å²) in [5.74, 6) is 0.875. The maximum Gasteiger partial charge on any atom is 0.417 e. The van der Waals surface area contributed by atoms with Gasteiger partial charge in [-0.25, -0.2) is 4.98 Å². The van der Waals surface area contributed by atoms with Crippen LogP contribution in [-0.4, -0.2) is 25.3 Å². The molecule has 2 rings (SSSR count). The van der Waals surface area contributed by atoms with Gasteiger partial charge in [0, 0.05) is 32.4 Å². The smallest absolute Gasteiger partial charge is 0.417 e. The van der Waals surface area contributed by atoms with E-state index in [1.54, 1.807) is 19.2 Å². The van der Waals surface area contributed by atoms with Crippen LogP contribution in [0.1, 0.15) is 24.0 Å². The average Bonchev–Trinajstić information content (AvgIpc) is 2.61. The molecule has 0 amide bonds. The van der Waals surface area contributed by atoms with Crippen molar-refractivity contribution in [2.45, 2.75) is 25.4 Å². The SMILES string of the molecule is [CH2]CCc1ccc(OCCCOC)cc1Oc1ncc(C(F)(F)F)cc1Cl. The van der Waals surface area contributed by atoms with Gasteiger partial charge >= 0.3 is 6.18 Å². The first-order valence-electron chi connectivity index (χ1n) is 8.29. The first kappa shape index (κ1) is 21.3. The zero-order chi connectivity index (χ0) is 19.9. The molecular formula is C19H20ClF3NO3. The summed E-state index contributed by atoms with van der Waals surface area (Å²) in [6.07, 6.45) is -1.87. The van der Waals surface area contributed by atoms with Gasteiger partial charge in [0.25, 0.3) is 0 Å². The molecule has 1 radical (unpaired) electrons. The number of aryl methyl sites for hydroxylation is 1. The number of benzene rings is 1. The lowest BCUT2D eigenvalue weighted by Gasteiger charge is -2.14. The molecule has 0 spiro atoms. The molecule has 0 fully saturated rings. The molecule has 1 aromatic heterocycles. The predicted octanol–water partition coefficient (Wildman–Crippen LogP) is 5.73. The van der Waals surface area contributed by atoms with E-state index in [0.29, 0.717) is 43.8 Å². The van der Waals surface area contributed by atoms with Crippen LogP contribution in [-0.2, 0) is 17.3 Å². The van der Waals surface area contributed by atoms with Crippen molar-refractivity contribution in [3.05, 3.63) is 53.5 Å². The quantitative estimate of drug-likeness (QED) is 0.502. The highest BCUT2D eigenvalue weighted by atomic mass is 35.5. The van der Waals surface area contributed by atoms with E-state index < -0.39 is 11.7 Å². The third-order valence-corrected chi connectivity index (χ3v) is 3.86. The van der Waals surface area contributed by atoms with Crippen LogP contribution in [0.25, 0.3) is 0 Å². The van der Waals surface area contributed by atoms with Gasteiger partial charge in [0.15, 0.2) is 0 Å². The minimum atomic E-state index is -4.52. The number of pyridine rings is 1. The summed E-state index contributed by atoms with van der Waals surface area (Å²) in [5.41, 5.74) is -0.111. The minimum absolute atomic E-state index is 0.105. The van der Waals surface area contributed by atoms with Crippen molar-refractivity contribution in [2.75, 3.05) is 20.3 Å². The molecule has 0 atom stereocenters. The fourth-order valence-electron chi connectivity index (χ4n) is 2.27. The summed E-state index contributed by atoms with van der Waals surface area (Å²) in [7, 11) is 1.61. The molecule has 27 heavy (non-hydrogen) atoms. The first-order chi connectivity index (χ1) is 12.8. The molecule has 1 heterocycles. The van der Waals surface area contributed by atoms with Crippen LogP contribution in [0.3, 0.4) is 0 Å². The van der Waals surface area contributed by atoms with E-state index in [1.807, 2.05) is 6.07 Å². The predicted molar refractivity (Wildman–Crippen MR) is 96.4 cm³/mol. The largest absolute Gasteiger partial charge is 0.493 e. The van der Waals surface area contributed by atoms with E-state index in [0.717, 1.165) is 18.1 Å². The first-order valence-corrected chi connectivity index (χ1v) is 8.67. The molecule has 1 aromatic carbocycles. The average molecular weight is 403 g/mol. The Morgan fingerprint density at radius 3 is 2.59 bits per heavy atom. The zero-order valence-electron chi connectivity index (χ0n) is 14.8. The summed E-state index contributed by atoms with van der Waals surface area (Å²) < 4.78 is 54.5. The van der Waals surface area contributed by atoms with E-state index in [9.17, 15) is 13.2 Å². The molecule has 0 aliphatic heterocycles. The molecule has 0 unspecified atom stereocenters. The van der Waals surface area contributed by atoms with Crippen molar-refractivity contribution in [2.24, 2.45) is 0 Å².